The number of carbonyl (C=O) groups excluding carboxylic acids is 1. The van der Waals surface area contributed by atoms with Gasteiger partial charge in [-0.2, -0.15) is 11.8 Å². The molecular weight excluding hydrogens is 292 g/mol. The third-order valence-electron chi connectivity index (χ3n) is 3.21. The van der Waals surface area contributed by atoms with Gasteiger partial charge in [0, 0.05) is 23.6 Å². The molecule has 0 bridgehead atoms. The van der Waals surface area contributed by atoms with E-state index in [2.05, 4.69) is 19.2 Å². The minimum absolute atomic E-state index is 0.110. The van der Waals surface area contributed by atoms with Crippen LogP contribution < -0.4 is 5.32 Å². The summed E-state index contributed by atoms with van der Waals surface area (Å²) in [6.07, 6.45) is 0. The number of phenols is 1. The molecule has 114 valence electrons. The maximum absolute atomic E-state index is 12.2. The molecule has 21 heavy (non-hydrogen) atoms. The number of aromatic hydroxyl groups is 1. The number of urea groups is 1. The molecular formula is C14H18N2O4S. The number of para-hydroxylation sites is 1. The number of aromatic carboxylic acids is 1. The second kappa shape index (κ2) is 6.26. The van der Waals surface area contributed by atoms with Gasteiger partial charge < -0.3 is 20.4 Å². The normalized spacial score (nSPS) is 21.9. The van der Waals surface area contributed by atoms with Gasteiger partial charge in [-0.3, -0.25) is 0 Å². The van der Waals surface area contributed by atoms with E-state index < -0.39 is 11.7 Å². The van der Waals surface area contributed by atoms with Crippen LogP contribution >= 0.6 is 11.8 Å². The molecule has 0 spiro atoms. The summed E-state index contributed by atoms with van der Waals surface area (Å²) in [7, 11) is 0. The van der Waals surface area contributed by atoms with Gasteiger partial charge >= 0.3 is 12.0 Å². The number of thioether (sulfide) groups is 1. The average molecular weight is 310 g/mol. The molecule has 1 heterocycles. The van der Waals surface area contributed by atoms with Crippen molar-refractivity contribution >= 4 is 29.4 Å². The molecule has 2 rings (SSSR count). The standard InChI is InChI=1S/C14H18N2O4S/c1-8-6-16(7-9(2)21-8)14(20)15-11-5-3-4-10(12(11)17)13(18)19/h3-5,8-9,17H,6-7H2,1-2H3,(H,15,20)(H,18,19). The first-order valence-corrected chi connectivity index (χ1v) is 7.59. The Morgan fingerprint density at radius 2 is 1.90 bits per heavy atom. The van der Waals surface area contributed by atoms with Crippen molar-refractivity contribution in [2.75, 3.05) is 18.4 Å². The van der Waals surface area contributed by atoms with E-state index in [-0.39, 0.29) is 17.3 Å². The molecule has 1 aromatic rings. The van der Waals surface area contributed by atoms with Crippen LogP contribution in [0.2, 0.25) is 0 Å². The number of carboxylic acids is 1. The van der Waals surface area contributed by atoms with Gasteiger partial charge in [-0.25, -0.2) is 9.59 Å². The summed E-state index contributed by atoms with van der Waals surface area (Å²) in [5.41, 5.74) is -0.123. The van der Waals surface area contributed by atoms with Crippen molar-refractivity contribution in [3.63, 3.8) is 0 Å². The number of benzene rings is 1. The third kappa shape index (κ3) is 3.60. The lowest BCUT2D eigenvalue weighted by atomic mass is 10.1. The number of nitrogens with zero attached hydrogens (tertiary/aromatic N) is 1. The van der Waals surface area contributed by atoms with Gasteiger partial charge in [0.25, 0.3) is 0 Å². The number of anilines is 1. The highest BCUT2D eigenvalue weighted by molar-refractivity contribution is 8.00. The number of carbonyl (C=O) groups is 2. The molecule has 1 saturated heterocycles. The van der Waals surface area contributed by atoms with Crippen LogP contribution in [0.5, 0.6) is 5.75 Å². The van der Waals surface area contributed by atoms with Crippen LogP contribution in [-0.2, 0) is 0 Å². The van der Waals surface area contributed by atoms with Gasteiger partial charge in [0.2, 0.25) is 0 Å². The van der Waals surface area contributed by atoms with Crippen LogP contribution in [0.4, 0.5) is 10.5 Å². The highest BCUT2D eigenvalue weighted by Crippen LogP contribution is 2.29. The lowest BCUT2D eigenvalue weighted by Crippen LogP contribution is -2.46. The van der Waals surface area contributed by atoms with Crippen LogP contribution in [0, 0.1) is 0 Å². The molecule has 1 aliphatic heterocycles. The zero-order valence-corrected chi connectivity index (χ0v) is 12.7. The van der Waals surface area contributed by atoms with E-state index in [1.807, 2.05) is 11.8 Å². The lowest BCUT2D eigenvalue weighted by molar-refractivity contribution is 0.0693. The fraction of sp³-hybridized carbons (Fsp3) is 0.429. The van der Waals surface area contributed by atoms with E-state index in [1.54, 1.807) is 4.90 Å². The van der Waals surface area contributed by atoms with Crippen LogP contribution in [0.25, 0.3) is 0 Å². The second-order valence-corrected chi connectivity index (χ2v) is 6.98. The van der Waals surface area contributed by atoms with Gasteiger partial charge in [0.15, 0.2) is 5.75 Å². The summed E-state index contributed by atoms with van der Waals surface area (Å²) in [6.45, 7) is 5.37. The van der Waals surface area contributed by atoms with E-state index in [1.165, 1.54) is 18.2 Å². The van der Waals surface area contributed by atoms with Crippen molar-refractivity contribution in [1.82, 2.24) is 4.90 Å². The van der Waals surface area contributed by atoms with Crippen LogP contribution in [-0.4, -0.2) is 50.7 Å². The molecule has 2 atom stereocenters. The SMILES string of the molecule is CC1CN(C(=O)Nc2cccc(C(=O)O)c2O)CC(C)S1. The first kappa shape index (κ1) is 15.5. The third-order valence-corrected chi connectivity index (χ3v) is 4.44. The average Bonchev–Trinajstić information content (AvgIpc) is 2.39. The first-order valence-electron chi connectivity index (χ1n) is 6.65. The monoisotopic (exact) mass is 310 g/mol. The van der Waals surface area contributed by atoms with E-state index in [4.69, 9.17) is 5.11 Å². The summed E-state index contributed by atoms with van der Waals surface area (Å²) >= 11 is 1.83. The number of hydrogen-bond donors (Lipinski definition) is 3. The molecule has 2 amide bonds. The van der Waals surface area contributed by atoms with Crippen LogP contribution in [0.15, 0.2) is 18.2 Å². The van der Waals surface area contributed by atoms with Gasteiger partial charge in [-0.15, -0.1) is 0 Å². The minimum Gasteiger partial charge on any atom is -0.505 e. The predicted molar refractivity (Wildman–Crippen MR) is 82.2 cm³/mol. The van der Waals surface area contributed by atoms with Crippen molar-refractivity contribution in [3.05, 3.63) is 23.8 Å². The number of carboxylic acid groups (broad SMARTS) is 1. The van der Waals surface area contributed by atoms with E-state index in [9.17, 15) is 14.7 Å². The molecule has 7 heteroatoms. The van der Waals surface area contributed by atoms with Gasteiger partial charge in [-0.1, -0.05) is 19.9 Å². The van der Waals surface area contributed by atoms with Crippen LogP contribution in [0.1, 0.15) is 24.2 Å². The summed E-state index contributed by atoms with van der Waals surface area (Å²) in [4.78, 5) is 24.9. The number of nitrogens with one attached hydrogen (secondary N) is 1. The smallest absolute Gasteiger partial charge is 0.339 e. The predicted octanol–water partition coefficient (Wildman–Crippen LogP) is 2.45. The Morgan fingerprint density at radius 3 is 2.48 bits per heavy atom. The molecule has 0 aliphatic carbocycles. The minimum atomic E-state index is -1.24. The molecule has 1 aliphatic rings. The Bertz CT molecular complexity index is 554. The molecule has 2 unspecified atom stereocenters. The zero-order valence-electron chi connectivity index (χ0n) is 11.9. The fourth-order valence-corrected chi connectivity index (χ4v) is 3.68. The highest BCUT2D eigenvalue weighted by atomic mass is 32.2. The Balaban J connectivity index is 2.13. The maximum atomic E-state index is 12.2. The van der Waals surface area contributed by atoms with Crippen molar-refractivity contribution < 1.29 is 19.8 Å². The van der Waals surface area contributed by atoms with Gasteiger partial charge in [0.1, 0.15) is 5.56 Å². The molecule has 1 aromatic carbocycles. The summed E-state index contributed by atoms with van der Waals surface area (Å²) in [6, 6.07) is 3.92. The van der Waals surface area contributed by atoms with E-state index >= 15 is 0 Å². The lowest BCUT2D eigenvalue weighted by Gasteiger charge is -2.34. The van der Waals surface area contributed by atoms with Crippen molar-refractivity contribution in [1.29, 1.82) is 0 Å². The quantitative estimate of drug-likeness (QED) is 0.730. The molecule has 3 N–H and O–H groups in total. The molecule has 1 fully saturated rings. The molecule has 6 nitrogen and oxygen atoms in total. The summed E-state index contributed by atoms with van der Waals surface area (Å²) < 4.78 is 0. The summed E-state index contributed by atoms with van der Waals surface area (Å²) in [5, 5.41) is 22.1. The van der Waals surface area contributed by atoms with Crippen LogP contribution in [0.3, 0.4) is 0 Å². The molecule has 0 aromatic heterocycles. The maximum Gasteiger partial charge on any atom is 0.339 e. The number of rotatable bonds is 2. The van der Waals surface area contributed by atoms with Crippen molar-refractivity contribution in [2.24, 2.45) is 0 Å². The first-order chi connectivity index (χ1) is 9.88. The van der Waals surface area contributed by atoms with E-state index in [0.717, 1.165) is 0 Å². The van der Waals surface area contributed by atoms with E-state index in [0.29, 0.717) is 23.6 Å². The summed E-state index contributed by atoms with van der Waals surface area (Å²) in [5.74, 6) is -1.66. The Kier molecular flexibility index (Phi) is 4.62. The highest BCUT2D eigenvalue weighted by Gasteiger charge is 2.26. The largest absolute Gasteiger partial charge is 0.505 e. The van der Waals surface area contributed by atoms with Crippen molar-refractivity contribution in [3.8, 4) is 5.75 Å². The zero-order chi connectivity index (χ0) is 15.6. The Labute approximate surface area is 127 Å². The fourth-order valence-electron chi connectivity index (χ4n) is 2.35. The molecule has 0 saturated carbocycles. The van der Waals surface area contributed by atoms with Gasteiger partial charge in [-0.05, 0) is 12.1 Å². The Hall–Kier alpha value is -1.89. The number of hydrogen-bond acceptors (Lipinski definition) is 4. The Morgan fingerprint density at radius 1 is 1.29 bits per heavy atom. The molecule has 0 radical (unpaired) electrons. The van der Waals surface area contributed by atoms with Gasteiger partial charge in [0.05, 0.1) is 5.69 Å². The topological polar surface area (TPSA) is 89.9 Å². The second-order valence-electron chi connectivity index (χ2n) is 5.10. The van der Waals surface area contributed by atoms with Crippen molar-refractivity contribution in [2.45, 2.75) is 24.3 Å². The number of amides is 2.